The molecular formula is C23H24N2O. The smallest absolute Gasteiger partial charge is 0.120 e. The molecule has 3 nitrogen and oxygen atoms in total. The summed E-state index contributed by atoms with van der Waals surface area (Å²) in [4.78, 5) is 2.45. The highest BCUT2D eigenvalue weighted by Gasteiger charge is 2.29. The second kappa shape index (κ2) is 7.73. The summed E-state index contributed by atoms with van der Waals surface area (Å²) < 4.78 is 6.00. The molecule has 0 saturated heterocycles. The summed E-state index contributed by atoms with van der Waals surface area (Å²) in [5, 5.41) is 0. The summed E-state index contributed by atoms with van der Waals surface area (Å²) in [6.45, 7) is 3.05. The van der Waals surface area contributed by atoms with Gasteiger partial charge in [0.1, 0.15) is 12.4 Å². The number of hydrogen-bond donors (Lipinski definition) is 1. The highest BCUT2D eigenvalue weighted by atomic mass is 16.5. The van der Waals surface area contributed by atoms with Crippen LogP contribution in [0.5, 0.6) is 5.75 Å². The van der Waals surface area contributed by atoms with Crippen LogP contribution in [0, 0.1) is 0 Å². The quantitative estimate of drug-likeness (QED) is 0.725. The molecule has 1 heterocycles. The molecule has 3 heteroatoms. The van der Waals surface area contributed by atoms with Crippen molar-refractivity contribution in [3.63, 3.8) is 0 Å². The number of benzene rings is 3. The van der Waals surface area contributed by atoms with Crippen molar-refractivity contribution in [2.75, 3.05) is 6.54 Å². The minimum absolute atomic E-state index is 0.241. The minimum Gasteiger partial charge on any atom is -0.489 e. The third-order valence-electron chi connectivity index (χ3n) is 4.99. The molecule has 132 valence electrons. The van der Waals surface area contributed by atoms with Gasteiger partial charge in [0.25, 0.3) is 0 Å². The Morgan fingerprint density at radius 2 is 1.58 bits per heavy atom. The number of rotatable bonds is 6. The van der Waals surface area contributed by atoms with Crippen molar-refractivity contribution in [3.05, 3.63) is 101 Å². The number of nitrogens with two attached hydrogens (primary N) is 1. The summed E-state index contributed by atoms with van der Waals surface area (Å²) in [7, 11) is 0. The van der Waals surface area contributed by atoms with Crippen LogP contribution < -0.4 is 10.5 Å². The molecule has 0 saturated carbocycles. The molecule has 0 aromatic heterocycles. The zero-order valence-electron chi connectivity index (χ0n) is 14.8. The molecule has 3 aromatic rings. The van der Waals surface area contributed by atoms with E-state index < -0.39 is 0 Å². The van der Waals surface area contributed by atoms with Crippen molar-refractivity contribution >= 4 is 0 Å². The standard InChI is InChI=1S/C23H24N2O/c24-14-23-22-13-21(26-17-19-9-5-2-6-10-19)12-11-20(22)16-25(23)15-18-7-3-1-4-8-18/h1-13,23H,14-17,24H2. The van der Waals surface area contributed by atoms with Crippen LogP contribution in [0.3, 0.4) is 0 Å². The fourth-order valence-electron chi connectivity index (χ4n) is 3.64. The molecule has 0 aliphatic carbocycles. The Hall–Kier alpha value is -2.62. The molecule has 0 amide bonds. The maximum Gasteiger partial charge on any atom is 0.120 e. The van der Waals surface area contributed by atoms with Gasteiger partial charge in [-0.15, -0.1) is 0 Å². The summed E-state index contributed by atoms with van der Waals surface area (Å²) in [5.74, 6) is 0.910. The predicted molar refractivity (Wildman–Crippen MR) is 105 cm³/mol. The lowest BCUT2D eigenvalue weighted by Crippen LogP contribution is -2.27. The van der Waals surface area contributed by atoms with Gasteiger partial charge < -0.3 is 10.5 Å². The summed E-state index contributed by atoms with van der Waals surface area (Å²) >= 11 is 0. The van der Waals surface area contributed by atoms with E-state index in [0.717, 1.165) is 18.8 Å². The van der Waals surface area contributed by atoms with Crippen LogP contribution in [0.25, 0.3) is 0 Å². The largest absolute Gasteiger partial charge is 0.489 e. The first-order chi connectivity index (χ1) is 12.8. The van der Waals surface area contributed by atoms with Crippen molar-refractivity contribution < 1.29 is 4.74 Å². The van der Waals surface area contributed by atoms with E-state index in [1.165, 1.54) is 22.3 Å². The molecule has 3 aromatic carbocycles. The first-order valence-electron chi connectivity index (χ1n) is 9.11. The third-order valence-corrected chi connectivity index (χ3v) is 4.99. The van der Waals surface area contributed by atoms with Gasteiger partial charge in [0.05, 0.1) is 0 Å². The first kappa shape index (κ1) is 16.8. The fraction of sp³-hybridized carbons (Fsp3) is 0.217. The van der Waals surface area contributed by atoms with Gasteiger partial charge in [-0.1, -0.05) is 66.7 Å². The van der Waals surface area contributed by atoms with Crippen molar-refractivity contribution in [2.45, 2.75) is 25.7 Å². The van der Waals surface area contributed by atoms with Crippen molar-refractivity contribution in [3.8, 4) is 5.75 Å². The molecule has 1 aliphatic heterocycles. The first-order valence-corrected chi connectivity index (χ1v) is 9.11. The van der Waals surface area contributed by atoms with E-state index >= 15 is 0 Å². The number of fused-ring (bicyclic) bond motifs is 1. The van der Waals surface area contributed by atoms with Crippen molar-refractivity contribution in [2.24, 2.45) is 5.73 Å². The van der Waals surface area contributed by atoms with Crippen LogP contribution >= 0.6 is 0 Å². The van der Waals surface area contributed by atoms with Crippen LogP contribution in [0.1, 0.15) is 28.3 Å². The third kappa shape index (κ3) is 3.64. The van der Waals surface area contributed by atoms with Crippen molar-refractivity contribution in [1.29, 1.82) is 0 Å². The summed E-state index contributed by atoms with van der Waals surface area (Å²) in [6, 6.07) is 27.5. The second-order valence-corrected chi connectivity index (χ2v) is 6.78. The molecular weight excluding hydrogens is 320 g/mol. The van der Waals surface area contributed by atoms with Gasteiger partial charge in [0.15, 0.2) is 0 Å². The Morgan fingerprint density at radius 3 is 2.27 bits per heavy atom. The van der Waals surface area contributed by atoms with Gasteiger partial charge in [-0.2, -0.15) is 0 Å². The van der Waals surface area contributed by atoms with Gasteiger partial charge in [-0.25, -0.2) is 0 Å². The average Bonchev–Trinajstić information content (AvgIpc) is 3.04. The van der Waals surface area contributed by atoms with Crippen LogP contribution in [0.15, 0.2) is 78.9 Å². The zero-order valence-corrected chi connectivity index (χ0v) is 14.8. The molecule has 26 heavy (non-hydrogen) atoms. The van der Waals surface area contributed by atoms with Gasteiger partial charge >= 0.3 is 0 Å². The zero-order chi connectivity index (χ0) is 17.8. The minimum atomic E-state index is 0.241. The van der Waals surface area contributed by atoms with E-state index in [4.69, 9.17) is 10.5 Å². The number of hydrogen-bond acceptors (Lipinski definition) is 3. The van der Waals surface area contributed by atoms with E-state index in [9.17, 15) is 0 Å². The van der Waals surface area contributed by atoms with Crippen LogP contribution in [-0.2, 0) is 19.7 Å². The molecule has 0 bridgehead atoms. The summed E-state index contributed by atoms with van der Waals surface area (Å²) in [6.07, 6.45) is 0. The lowest BCUT2D eigenvalue weighted by Gasteiger charge is -2.24. The fourth-order valence-corrected chi connectivity index (χ4v) is 3.64. The molecule has 1 aliphatic rings. The van der Waals surface area contributed by atoms with Crippen LogP contribution in [0.2, 0.25) is 0 Å². The Balaban J connectivity index is 1.49. The van der Waals surface area contributed by atoms with E-state index in [-0.39, 0.29) is 6.04 Å². The maximum atomic E-state index is 6.13. The molecule has 0 spiro atoms. The highest BCUT2D eigenvalue weighted by Crippen LogP contribution is 2.36. The van der Waals surface area contributed by atoms with Gasteiger partial charge in [0.2, 0.25) is 0 Å². The molecule has 0 radical (unpaired) electrons. The lowest BCUT2D eigenvalue weighted by atomic mass is 10.0. The average molecular weight is 344 g/mol. The van der Waals surface area contributed by atoms with Crippen LogP contribution in [-0.4, -0.2) is 11.4 Å². The molecule has 1 unspecified atom stereocenters. The topological polar surface area (TPSA) is 38.5 Å². The number of ether oxygens (including phenoxy) is 1. The second-order valence-electron chi connectivity index (χ2n) is 6.78. The highest BCUT2D eigenvalue weighted by molar-refractivity contribution is 5.41. The van der Waals surface area contributed by atoms with Gasteiger partial charge in [-0.05, 0) is 34.4 Å². The van der Waals surface area contributed by atoms with E-state index in [0.29, 0.717) is 13.2 Å². The number of nitrogens with zero attached hydrogens (tertiary/aromatic N) is 1. The molecule has 4 rings (SSSR count). The SMILES string of the molecule is NCC1c2cc(OCc3ccccc3)ccc2CN1Cc1ccccc1. The molecule has 1 atom stereocenters. The maximum absolute atomic E-state index is 6.13. The van der Waals surface area contributed by atoms with Gasteiger partial charge in [0, 0.05) is 25.7 Å². The Morgan fingerprint density at radius 1 is 0.885 bits per heavy atom. The van der Waals surface area contributed by atoms with Crippen LogP contribution in [0.4, 0.5) is 0 Å². The normalized spacial score (nSPS) is 16.4. The van der Waals surface area contributed by atoms with Gasteiger partial charge in [-0.3, -0.25) is 4.90 Å². The monoisotopic (exact) mass is 344 g/mol. The Labute approximate surface area is 155 Å². The van der Waals surface area contributed by atoms with Crippen molar-refractivity contribution in [1.82, 2.24) is 4.90 Å². The van der Waals surface area contributed by atoms with E-state index in [1.54, 1.807) is 0 Å². The lowest BCUT2D eigenvalue weighted by molar-refractivity contribution is 0.210. The molecule has 0 fully saturated rings. The Bertz CT molecular complexity index is 849. The Kier molecular flexibility index (Phi) is 5.00. The molecule has 2 N–H and O–H groups in total. The van der Waals surface area contributed by atoms with E-state index in [1.807, 2.05) is 18.2 Å². The summed E-state index contributed by atoms with van der Waals surface area (Å²) in [5.41, 5.74) is 11.3. The van der Waals surface area contributed by atoms with E-state index in [2.05, 4.69) is 65.6 Å². The predicted octanol–water partition coefficient (Wildman–Crippen LogP) is 4.28.